The number of Topliss-reactive ketones (excluding diaryl/α,β-unsaturated/α-hetero) is 1. The number of allylic oxidation sites excluding steroid dienone is 2. The van der Waals surface area contributed by atoms with Crippen LogP contribution in [0.15, 0.2) is 54.6 Å². The molecular weight excluding hydrogens is 554 g/mol. The minimum Gasteiger partial charge on any atom is -0.292 e. The predicted molar refractivity (Wildman–Crippen MR) is 139 cm³/mol. The van der Waals surface area contributed by atoms with Crippen LogP contribution in [0.3, 0.4) is 0 Å². The fraction of sp³-hybridized carbons (Fsp3) is 0.357. The number of rotatable bonds is 7. The number of nitrogens with zero attached hydrogens (tertiary/aromatic N) is 2. The molecule has 10 heteroatoms. The first-order valence-electron chi connectivity index (χ1n) is 12.4. The molecule has 3 amide bonds. The Labute approximate surface area is 233 Å². The zero-order valence-electron chi connectivity index (χ0n) is 19.9. The summed E-state index contributed by atoms with van der Waals surface area (Å²) in [4.78, 5) is 55.8. The molecule has 1 saturated heterocycles. The highest BCUT2D eigenvalue weighted by Crippen LogP contribution is 2.65. The first-order chi connectivity index (χ1) is 18.2. The van der Waals surface area contributed by atoms with Gasteiger partial charge in [0.2, 0.25) is 0 Å². The van der Waals surface area contributed by atoms with E-state index >= 15 is 0 Å². The predicted octanol–water partition coefficient (Wildman–Crippen LogP) is 5.42. The Morgan fingerprint density at radius 2 is 1.58 bits per heavy atom. The number of hydrogen-bond acceptors (Lipinski definition) is 4. The van der Waals surface area contributed by atoms with E-state index in [-0.39, 0.29) is 40.3 Å². The third-order valence-electron chi connectivity index (χ3n) is 8.33. The SMILES string of the molecule is O=C(c1ccc(F)cc1)[C@H](CCCl)N(C(=O)c1ccc(Cl)cc1Cl)N1C(=O)[C@@H]2[C@H]3C=C[C@@H]([C@@H]4C[C@H]34)[C@H]2C1=O. The second-order valence-corrected chi connectivity index (χ2v) is 11.5. The van der Waals surface area contributed by atoms with Crippen molar-refractivity contribution in [2.24, 2.45) is 35.5 Å². The molecule has 7 atom stereocenters. The van der Waals surface area contributed by atoms with Crippen LogP contribution in [0.1, 0.15) is 33.6 Å². The van der Waals surface area contributed by atoms with Gasteiger partial charge in [-0.05, 0) is 79.0 Å². The van der Waals surface area contributed by atoms with Gasteiger partial charge in [0.1, 0.15) is 11.9 Å². The van der Waals surface area contributed by atoms with Gasteiger partial charge in [-0.1, -0.05) is 35.4 Å². The lowest BCUT2D eigenvalue weighted by atomic mass is 9.63. The molecule has 196 valence electrons. The van der Waals surface area contributed by atoms with Crippen molar-refractivity contribution in [2.45, 2.75) is 18.9 Å². The smallest absolute Gasteiger partial charge is 0.275 e. The van der Waals surface area contributed by atoms with Gasteiger partial charge >= 0.3 is 0 Å². The van der Waals surface area contributed by atoms with Gasteiger partial charge < -0.3 is 0 Å². The van der Waals surface area contributed by atoms with Gasteiger partial charge in [0, 0.05) is 16.5 Å². The van der Waals surface area contributed by atoms with Crippen LogP contribution in [-0.4, -0.2) is 45.4 Å². The van der Waals surface area contributed by atoms with E-state index in [1.54, 1.807) is 0 Å². The summed E-state index contributed by atoms with van der Waals surface area (Å²) < 4.78 is 13.6. The highest BCUT2D eigenvalue weighted by Gasteiger charge is 2.68. The maximum Gasteiger partial charge on any atom is 0.275 e. The van der Waals surface area contributed by atoms with E-state index in [2.05, 4.69) is 0 Å². The number of benzene rings is 2. The largest absolute Gasteiger partial charge is 0.292 e. The normalized spacial score (nSPS) is 29.2. The Balaban J connectivity index is 1.45. The van der Waals surface area contributed by atoms with E-state index in [9.17, 15) is 23.6 Å². The molecule has 4 aliphatic carbocycles. The number of alkyl halides is 1. The average Bonchev–Trinajstić information content (AvgIpc) is 3.68. The number of amides is 3. The minimum atomic E-state index is -1.31. The number of hydrogen-bond donors (Lipinski definition) is 0. The van der Waals surface area contributed by atoms with Crippen molar-refractivity contribution in [3.05, 3.63) is 81.6 Å². The molecule has 0 radical (unpaired) electrons. The van der Waals surface area contributed by atoms with Crippen LogP contribution in [0.4, 0.5) is 4.39 Å². The summed E-state index contributed by atoms with van der Waals surface area (Å²) in [5, 5.41) is 2.08. The maximum atomic E-state index is 14.1. The maximum absolute atomic E-state index is 14.1. The lowest BCUT2D eigenvalue weighted by Crippen LogP contribution is -2.57. The Morgan fingerprint density at radius 3 is 2.13 bits per heavy atom. The summed E-state index contributed by atoms with van der Waals surface area (Å²) in [6, 6.07) is 7.75. The zero-order chi connectivity index (χ0) is 26.9. The van der Waals surface area contributed by atoms with Crippen LogP contribution in [0.2, 0.25) is 10.0 Å². The van der Waals surface area contributed by atoms with Crippen LogP contribution in [0, 0.1) is 41.3 Å². The first-order valence-corrected chi connectivity index (χ1v) is 13.7. The summed E-state index contributed by atoms with van der Waals surface area (Å²) in [6.07, 6.45) is 4.97. The number of halogens is 4. The molecule has 2 bridgehead atoms. The van der Waals surface area contributed by atoms with Gasteiger partial charge in [0.15, 0.2) is 5.78 Å². The first kappa shape index (κ1) is 25.5. The molecule has 1 heterocycles. The quantitative estimate of drug-likeness (QED) is 0.191. The van der Waals surface area contributed by atoms with Crippen LogP contribution in [0.25, 0.3) is 0 Å². The molecule has 0 aromatic heterocycles. The fourth-order valence-electron chi connectivity index (χ4n) is 6.59. The molecule has 2 saturated carbocycles. The van der Waals surface area contributed by atoms with Crippen molar-refractivity contribution in [2.75, 3.05) is 5.88 Å². The van der Waals surface area contributed by atoms with E-state index in [1.165, 1.54) is 30.3 Å². The van der Waals surface area contributed by atoms with Crippen molar-refractivity contribution < 1.29 is 23.6 Å². The van der Waals surface area contributed by atoms with E-state index in [1.807, 2.05) is 12.2 Å². The molecule has 5 aliphatic rings. The molecule has 0 N–H and O–H groups in total. The highest BCUT2D eigenvalue weighted by atomic mass is 35.5. The van der Waals surface area contributed by atoms with E-state index in [0.717, 1.165) is 28.6 Å². The standard InChI is InChI=1S/C28H22Cl3FN2O4/c29-10-9-22(25(35)13-1-4-15(32)5-2-13)33(26(36)18-6-3-14(30)11-21(18)31)34-27(37)23-16-7-8-17(20-12-19(16)20)24(23)28(34)38/h1-8,11,16-17,19-20,22-24H,9-10,12H2/t16-,17-,19-,20+,22-,23+,24+/m0/s1. The zero-order valence-corrected chi connectivity index (χ0v) is 22.2. The average molecular weight is 576 g/mol. The number of carbonyl (C=O) groups is 4. The van der Waals surface area contributed by atoms with Crippen molar-refractivity contribution in [1.82, 2.24) is 10.0 Å². The number of carbonyl (C=O) groups excluding carboxylic acids is 4. The third-order valence-corrected chi connectivity index (χ3v) is 9.10. The summed E-state index contributed by atoms with van der Waals surface area (Å²) >= 11 is 18.5. The Hall–Kier alpha value is -2.74. The Kier molecular flexibility index (Phi) is 6.36. The molecule has 7 rings (SSSR count). The molecule has 2 aromatic rings. The number of ketones is 1. The highest BCUT2D eigenvalue weighted by molar-refractivity contribution is 6.36. The number of imide groups is 1. The number of hydrazine groups is 1. The van der Waals surface area contributed by atoms with E-state index in [4.69, 9.17) is 34.8 Å². The summed E-state index contributed by atoms with van der Waals surface area (Å²) in [7, 11) is 0. The van der Waals surface area contributed by atoms with Gasteiger partial charge in [0.05, 0.1) is 22.4 Å². The van der Waals surface area contributed by atoms with Gasteiger partial charge in [0.25, 0.3) is 17.7 Å². The minimum absolute atomic E-state index is 0.00541. The second kappa shape index (κ2) is 9.47. The molecule has 3 fully saturated rings. The van der Waals surface area contributed by atoms with E-state index in [0.29, 0.717) is 16.9 Å². The van der Waals surface area contributed by atoms with Crippen molar-refractivity contribution in [3.8, 4) is 0 Å². The molecule has 6 nitrogen and oxygen atoms in total. The van der Waals surface area contributed by atoms with Crippen LogP contribution in [-0.2, 0) is 9.59 Å². The van der Waals surface area contributed by atoms with Crippen LogP contribution >= 0.6 is 34.8 Å². The van der Waals surface area contributed by atoms with Gasteiger partial charge in [-0.3, -0.25) is 19.2 Å². The summed E-state index contributed by atoms with van der Waals surface area (Å²) in [5.41, 5.74) is 0.0861. The topological polar surface area (TPSA) is 74.8 Å². The lowest BCUT2D eigenvalue weighted by Gasteiger charge is -2.37. The van der Waals surface area contributed by atoms with Crippen LogP contribution in [0.5, 0.6) is 0 Å². The van der Waals surface area contributed by atoms with Crippen LogP contribution < -0.4 is 0 Å². The molecule has 0 spiro atoms. The Bertz CT molecular complexity index is 1360. The second-order valence-electron chi connectivity index (χ2n) is 10.3. The summed E-state index contributed by atoms with van der Waals surface area (Å²) in [6.45, 7) is 0. The monoisotopic (exact) mass is 574 g/mol. The van der Waals surface area contributed by atoms with Crippen molar-refractivity contribution in [3.63, 3.8) is 0 Å². The van der Waals surface area contributed by atoms with Gasteiger partial charge in [-0.25, -0.2) is 9.40 Å². The molecule has 0 unspecified atom stereocenters. The fourth-order valence-corrected chi connectivity index (χ4v) is 7.28. The molecule has 38 heavy (non-hydrogen) atoms. The lowest BCUT2D eigenvalue weighted by molar-refractivity contribution is -0.157. The Morgan fingerprint density at radius 1 is 0.974 bits per heavy atom. The summed E-state index contributed by atoms with van der Waals surface area (Å²) in [5.74, 6) is -3.59. The molecular formula is C28H22Cl3FN2O4. The van der Waals surface area contributed by atoms with Crippen molar-refractivity contribution in [1.29, 1.82) is 0 Å². The van der Waals surface area contributed by atoms with Crippen molar-refractivity contribution >= 4 is 58.3 Å². The molecule has 2 aromatic carbocycles. The van der Waals surface area contributed by atoms with Gasteiger partial charge in [-0.15, -0.1) is 11.6 Å². The van der Waals surface area contributed by atoms with E-state index < -0.39 is 47.2 Å². The molecule has 1 aliphatic heterocycles. The third kappa shape index (κ3) is 3.90. The van der Waals surface area contributed by atoms with Gasteiger partial charge in [-0.2, -0.15) is 5.01 Å².